The third kappa shape index (κ3) is 11.9. The molecule has 9 nitrogen and oxygen atoms in total. The smallest absolute Gasteiger partial charge is 0.416 e. The molecule has 2 heterocycles. The fourth-order valence-electron chi connectivity index (χ4n) is 5.56. The number of ether oxygens (including phenoxy) is 2. The van der Waals surface area contributed by atoms with Crippen LogP contribution in [0, 0.1) is 0 Å². The molecule has 2 atom stereocenters. The minimum Gasteiger partial charge on any atom is -0.490 e. The van der Waals surface area contributed by atoms with Gasteiger partial charge in [-0.25, -0.2) is 14.8 Å². The van der Waals surface area contributed by atoms with E-state index in [2.05, 4.69) is 9.97 Å². The van der Waals surface area contributed by atoms with Gasteiger partial charge in [0.15, 0.2) is 5.75 Å². The fraction of sp³-hybridized carbons (Fsp3) is 0.471. The maximum absolute atomic E-state index is 14.0. The SMILES string of the molecule is CC.CCOC(=O)N1c2ccc(C(F)(F)F)cc2C(N(Cc2cc(C(F)(F)F)cc(C(F)(F)F)c2)c2ncc(OCCCC(=O)O)cn2)CC1CC.[Y]. The van der Waals surface area contributed by atoms with Crippen molar-refractivity contribution >= 4 is 23.7 Å². The van der Waals surface area contributed by atoms with E-state index in [1.807, 2.05) is 13.8 Å². The van der Waals surface area contributed by atoms with Crippen LogP contribution in [0.5, 0.6) is 5.75 Å². The van der Waals surface area contributed by atoms with Gasteiger partial charge in [-0.2, -0.15) is 39.5 Å². The molecule has 2 aromatic carbocycles. The average molecular weight is 842 g/mol. The summed E-state index contributed by atoms with van der Waals surface area (Å²) >= 11 is 0. The van der Waals surface area contributed by atoms with E-state index in [9.17, 15) is 49.1 Å². The Morgan fingerprint density at radius 1 is 0.887 bits per heavy atom. The third-order valence-electron chi connectivity index (χ3n) is 7.82. The number of alkyl halides is 9. The first-order valence-corrected chi connectivity index (χ1v) is 16.2. The second kappa shape index (κ2) is 19.1. The van der Waals surface area contributed by atoms with Crippen LogP contribution in [0.2, 0.25) is 0 Å². The summed E-state index contributed by atoms with van der Waals surface area (Å²) < 4.78 is 135. The number of amides is 1. The number of rotatable bonds is 11. The molecule has 53 heavy (non-hydrogen) atoms. The van der Waals surface area contributed by atoms with E-state index in [1.54, 1.807) is 6.92 Å². The number of carboxylic acids is 1. The van der Waals surface area contributed by atoms with Crippen molar-refractivity contribution in [3.8, 4) is 5.75 Å². The average Bonchev–Trinajstić information content (AvgIpc) is 3.08. The molecule has 0 fully saturated rings. The van der Waals surface area contributed by atoms with Crippen LogP contribution in [0.1, 0.15) is 87.2 Å². The maximum Gasteiger partial charge on any atom is 0.416 e. The first-order chi connectivity index (χ1) is 24.3. The Hall–Kier alpha value is -3.67. The molecular weight excluding hydrogens is 804 g/mol. The summed E-state index contributed by atoms with van der Waals surface area (Å²) in [5, 5.41) is 8.82. The number of carboxylic acid groups (broad SMARTS) is 1. The molecule has 289 valence electrons. The van der Waals surface area contributed by atoms with Gasteiger partial charge in [0.1, 0.15) is 0 Å². The Balaban J connectivity index is 0.00000318. The Bertz CT molecular complexity index is 1640. The molecule has 4 rings (SSSR count). The predicted octanol–water partition coefficient (Wildman–Crippen LogP) is 9.69. The van der Waals surface area contributed by atoms with Crippen LogP contribution < -0.4 is 14.5 Å². The normalized spacial score (nSPS) is 15.7. The molecule has 1 aliphatic rings. The van der Waals surface area contributed by atoms with Crippen molar-refractivity contribution in [3.63, 3.8) is 0 Å². The molecule has 0 bridgehead atoms. The van der Waals surface area contributed by atoms with Gasteiger partial charge < -0.3 is 19.5 Å². The Morgan fingerprint density at radius 3 is 1.94 bits per heavy atom. The van der Waals surface area contributed by atoms with E-state index in [4.69, 9.17) is 14.6 Å². The quantitative estimate of drug-likeness (QED) is 0.150. The van der Waals surface area contributed by atoms with E-state index in [0.717, 1.165) is 30.6 Å². The van der Waals surface area contributed by atoms with Crippen LogP contribution >= 0.6 is 0 Å². The number of carbonyl (C=O) groups is 2. The van der Waals surface area contributed by atoms with Crippen molar-refractivity contribution in [2.45, 2.75) is 90.5 Å². The van der Waals surface area contributed by atoms with Gasteiger partial charge in [-0.15, -0.1) is 0 Å². The van der Waals surface area contributed by atoms with E-state index >= 15 is 0 Å². The van der Waals surface area contributed by atoms with Crippen molar-refractivity contribution in [3.05, 3.63) is 76.6 Å². The molecule has 2 unspecified atom stereocenters. The Labute approximate surface area is 324 Å². The van der Waals surface area contributed by atoms with Gasteiger partial charge in [-0.05, 0) is 73.7 Å². The van der Waals surface area contributed by atoms with Gasteiger partial charge in [0.25, 0.3) is 0 Å². The number of carbonyl (C=O) groups excluding carboxylic acids is 1. The van der Waals surface area contributed by atoms with Gasteiger partial charge in [0.2, 0.25) is 5.95 Å². The summed E-state index contributed by atoms with van der Waals surface area (Å²) in [6, 6.07) is 1.57. The molecule has 3 aromatic rings. The van der Waals surface area contributed by atoms with Crippen LogP contribution in [-0.4, -0.2) is 46.4 Å². The Kier molecular flexibility index (Phi) is 16.4. The van der Waals surface area contributed by atoms with Crippen LogP contribution in [0.3, 0.4) is 0 Å². The zero-order chi connectivity index (χ0) is 39.0. The minimum atomic E-state index is -5.18. The van der Waals surface area contributed by atoms with Crippen LogP contribution in [0.25, 0.3) is 0 Å². The standard InChI is InChI=1S/C32H31F9N4O5.C2H6.Y/c1-3-22-14-26(24-13-19(30(33,34)35)7-8-25(24)45(22)29(48)49-4-2)44(28-42-15-23(16-43-28)50-9-5-6-27(46)47)17-18-10-20(31(36,37)38)12-21(11-18)32(39,40)41;1-2;/h7-8,10-13,15-16,22,26H,3-6,9,14,17H2,1-2H3,(H,46,47);1-2H3;. The van der Waals surface area contributed by atoms with E-state index in [0.29, 0.717) is 12.1 Å². The number of aromatic nitrogens is 2. The molecular formula is C34H37F9N4O5Y. The molecule has 0 saturated carbocycles. The van der Waals surface area contributed by atoms with Crippen molar-refractivity contribution in [2.24, 2.45) is 0 Å². The topological polar surface area (TPSA) is 105 Å². The molecule has 1 aromatic heterocycles. The minimum absolute atomic E-state index is 0. The molecule has 1 N–H and O–H groups in total. The van der Waals surface area contributed by atoms with Crippen molar-refractivity contribution in [2.75, 3.05) is 23.0 Å². The largest absolute Gasteiger partial charge is 0.490 e. The second-order valence-corrected chi connectivity index (χ2v) is 11.3. The molecule has 1 aliphatic heterocycles. The number of aliphatic carboxylic acids is 1. The summed E-state index contributed by atoms with van der Waals surface area (Å²) in [6.07, 6.45) is -13.8. The zero-order valence-electron chi connectivity index (χ0n) is 29.1. The number of fused-ring (bicyclic) bond motifs is 1. The molecule has 19 heteroatoms. The number of nitrogens with zero attached hydrogens (tertiary/aromatic N) is 4. The first kappa shape index (κ1) is 45.5. The van der Waals surface area contributed by atoms with Gasteiger partial charge in [-0.3, -0.25) is 9.69 Å². The van der Waals surface area contributed by atoms with Crippen LogP contribution in [0.4, 0.5) is 55.9 Å². The third-order valence-corrected chi connectivity index (χ3v) is 7.82. The second-order valence-electron chi connectivity index (χ2n) is 11.3. The van der Waals surface area contributed by atoms with Gasteiger partial charge >= 0.3 is 30.6 Å². The number of halogens is 9. The van der Waals surface area contributed by atoms with Crippen molar-refractivity contribution in [1.82, 2.24) is 9.97 Å². The summed E-state index contributed by atoms with van der Waals surface area (Å²) in [6.45, 7) is 6.36. The van der Waals surface area contributed by atoms with E-state index in [-0.39, 0.29) is 101 Å². The van der Waals surface area contributed by atoms with E-state index < -0.39 is 71.5 Å². The fourth-order valence-corrected chi connectivity index (χ4v) is 5.56. The Morgan fingerprint density at radius 2 is 1.45 bits per heavy atom. The van der Waals surface area contributed by atoms with Crippen LogP contribution in [0.15, 0.2) is 48.8 Å². The molecule has 1 amide bonds. The first-order valence-electron chi connectivity index (χ1n) is 16.2. The predicted molar refractivity (Wildman–Crippen MR) is 171 cm³/mol. The molecule has 1 radical (unpaired) electrons. The number of hydrogen-bond donors (Lipinski definition) is 1. The monoisotopic (exact) mass is 841 g/mol. The molecule has 0 spiro atoms. The summed E-state index contributed by atoms with van der Waals surface area (Å²) in [7, 11) is 0. The summed E-state index contributed by atoms with van der Waals surface area (Å²) in [5.41, 5.74) is -4.96. The van der Waals surface area contributed by atoms with E-state index in [1.165, 1.54) is 16.7 Å². The van der Waals surface area contributed by atoms with Gasteiger partial charge in [0, 0.05) is 51.7 Å². The number of benzene rings is 2. The van der Waals surface area contributed by atoms with Crippen molar-refractivity contribution in [1.29, 1.82) is 0 Å². The van der Waals surface area contributed by atoms with Gasteiger partial charge in [0.05, 0.1) is 54.0 Å². The van der Waals surface area contributed by atoms with Crippen LogP contribution in [-0.2, 0) is 67.3 Å². The van der Waals surface area contributed by atoms with Gasteiger partial charge in [-0.1, -0.05) is 20.8 Å². The summed E-state index contributed by atoms with van der Waals surface area (Å²) in [5.74, 6) is -1.31. The summed E-state index contributed by atoms with van der Waals surface area (Å²) in [4.78, 5) is 34.6. The van der Waals surface area contributed by atoms with Crippen molar-refractivity contribution < 1.29 is 96.4 Å². The molecule has 0 saturated heterocycles. The molecule has 0 aliphatic carbocycles. The zero-order valence-corrected chi connectivity index (χ0v) is 31.9. The number of anilines is 2. The number of hydrogen-bond acceptors (Lipinski definition) is 7. The maximum atomic E-state index is 14.0.